The maximum absolute atomic E-state index is 10.5. The fourth-order valence-electron chi connectivity index (χ4n) is 4.86. The molecule has 0 radical (unpaired) electrons. The Morgan fingerprint density at radius 2 is 1.96 bits per heavy atom. The molecule has 0 aromatic rings. The van der Waals surface area contributed by atoms with Crippen molar-refractivity contribution < 1.29 is 10.2 Å². The lowest BCUT2D eigenvalue weighted by Crippen LogP contribution is -2.23. The summed E-state index contributed by atoms with van der Waals surface area (Å²) in [6, 6.07) is 0.583. The normalized spacial score (nSPS) is 30.7. The van der Waals surface area contributed by atoms with Crippen molar-refractivity contribution in [3.05, 3.63) is 23.8 Å². The molecule has 0 aromatic carbocycles. The Morgan fingerprint density at radius 3 is 2.70 bits per heavy atom. The Morgan fingerprint density at radius 1 is 1.15 bits per heavy atom. The highest BCUT2D eigenvalue weighted by Crippen LogP contribution is 2.50. The van der Waals surface area contributed by atoms with Gasteiger partial charge >= 0.3 is 0 Å². The van der Waals surface area contributed by atoms with Gasteiger partial charge in [0, 0.05) is 12.0 Å². The van der Waals surface area contributed by atoms with Crippen molar-refractivity contribution in [3.63, 3.8) is 0 Å². The Kier molecular flexibility index (Phi) is 10.1. The molecule has 2 aliphatic rings. The zero-order valence-corrected chi connectivity index (χ0v) is 17.9. The quantitative estimate of drug-likeness (QED) is 0.332. The van der Waals surface area contributed by atoms with Gasteiger partial charge in [-0.2, -0.15) is 0 Å². The van der Waals surface area contributed by atoms with Crippen molar-refractivity contribution in [2.24, 2.45) is 17.8 Å². The lowest BCUT2D eigenvalue weighted by molar-refractivity contribution is 0.139. The van der Waals surface area contributed by atoms with E-state index in [2.05, 4.69) is 38.2 Å². The minimum Gasteiger partial charge on any atom is -0.392 e. The van der Waals surface area contributed by atoms with E-state index in [9.17, 15) is 10.2 Å². The summed E-state index contributed by atoms with van der Waals surface area (Å²) in [6.07, 6.45) is 17.2. The van der Waals surface area contributed by atoms with Crippen LogP contribution in [0.4, 0.5) is 0 Å². The minimum atomic E-state index is -0.348. The van der Waals surface area contributed by atoms with E-state index in [1.165, 1.54) is 38.5 Å². The van der Waals surface area contributed by atoms with Crippen molar-refractivity contribution in [1.82, 2.24) is 5.32 Å². The number of aliphatic hydroxyl groups is 2. The van der Waals surface area contributed by atoms with Crippen molar-refractivity contribution in [3.8, 4) is 0 Å². The molecule has 0 unspecified atom stereocenters. The monoisotopic (exact) mass is 377 g/mol. The first-order valence-electron chi connectivity index (χ1n) is 11.5. The number of aliphatic hydroxyl groups excluding tert-OH is 2. The summed E-state index contributed by atoms with van der Waals surface area (Å²) in [4.78, 5) is 0. The van der Waals surface area contributed by atoms with Gasteiger partial charge in [0.1, 0.15) is 0 Å². The van der Waals surface area contributed by atoms with Crippen LogP contribution in [0.15, 0.2) is 23.8 Å². The van der Waals surface area contributed by atoms with Crippen LogP contribution >= 0.6 is 0 Å². The van der Waals surface area contributed by atoms with Crippen LogP contribution in [0.2, 0.25) is 0 Å². The molecule has 3 N–H and O–H groups in total. The molecule has 5 atom stereocenters. The molecular weight excluding hydrogens is 334 g/mol. The Bertz CT molecular complexity index is 471. The van der Waals surface area contributed by atoms with Gasteiger partial charge in [0.15, 0.2) is 0 Å². The average Bonchev–Trinajstić information content (AvgIpc) is 3.12. The fourth-order valence-corrected chi connectivity index (χ4v) is 4.86. The lowest BCUT2D eigenvalue weighted by Gasteiger charge is -2.17. The van der Waals surface area contributed by atoms with Crippen LogP contribution in [0, 0.1) is 17.8 Å². The van der Waals surface area contributed by atoms with Gasteiger partial charge in [-0.25, -0.2) is 0 Å². The zero-order valence-electron chi connectivity index (χ0n) is 17.9. The van der Waals surface area contributed by atoms with Gasteiger partial charge in [-0.05, 0) is 63.3 Å². The molecule has 2 rings (SSSR count). The van der Waals surface area contributed by atoms with Crippen LogP contribution in [0.25, 0.3) is 0 Å². The number of allylic oxidation sites excluding steroid dienone is 2. The fraction of sp³-hybridized carbons (Fsp3) is 0.833. The molecule has 3 nitrogen and oxygen atoms in total. The van der Waals surface area contributed by atoms with Gasteiger partial charge in [0.2, 0.25) is 0 Å². The number of hydrogen-bond acceptors (Lipinski definition) is 3. The summed E-state index contributed by atoms with van der Waals surface area (Å²) in [7, 11) is 0. The van der Waals surface area contributed by atoms with E-state index >= 15 is 0 Å². The van der Waals surface area contributed by atoms with E-state index in [-0.39, 0.29) is 18.1 Å². The van der Waals surface area contributed by atoms with E-state index in [0.29, 0.717) is 17.9 Å². The average molecular weight is 378 g/mol. The van der Waals surface area contributed by atoms with Gasteiger partial charge < -0.3 is 15.5 Å². The summed E-state index contributed by atoms with van der Waals surface area (Å²) in [6.45, 7) is 7.70. The smallest absolute Gasteiger partial charge is 0.0721 e. The molecule has 0 heterocycles. The van der Waals surface area contributed by atoms with Gasteiger partial charge in [0.25, 0.3) is 0 Å². The molecule has 156 valence electrons. The van der Waals surface area contributed by atoms with E-state index in [4.69, 9.17) is 0 Å². The highest BCUT2D eigenvalue weighted by Gasteiger charge is 2.44. The van der Waals surface area contributed by atoms with Gasteiger partial charge in [-0.1, -0.05) is 63.8 Å². The second kappa shape index (κ2) is 12.0. The maximum atomic E-state index is 10.5. The molecule has 0 bridgehead atoms. The topological polar surface area (TPSA) is 52.5 Å². The standard InChI is InChI=1S/C24H43NO2/c1-4-5-7-11-21(26)12-13-22-23-16-19(15-20(23)17-24(22)27)10-8-6-9-14-25-18(2)3/h10,12-13,18,20-27H,4-9,11,14-17H2,1-3H3/b13-12+,19-10+/t20-,21-,22+,23-,24+/m0/s1. The third-order valence-electron chi connectivity index (χ3n) is 6.39. The number of fused-ring (bicyclic) bond motifs is 1. The van der Waals surface area contributed by atoms with Gasteiger partial charge in [-0.3, -0.25) is 0 Å². The predicted molar refractivity (Wildman–Crippen MR) is 115 cm³/mol. The van der Waals surface area contributed by atoms with Crippen LogP contribution in [-0.4, -0.2) is 35.0 Å². The Balaban J connectivity index is 1.74. The molecule has 0 spiro atoms. The molecule has 2 saturated carbocycles. The van der Waals surface area contributed by atoms with Crippen LogP contribution in [0.1, 0.15) is 85.0 Å². The largest absolute Gasteiger partial charge is 0.392 e. The van der Waals surface area contributed by atoms with Crippen LogP contribution < -0.4 is 5.32 Å². The van der Waals surface area contributed by atoms with Crippen LogP contribution in [-0.2, 0) is 0 Å². The predicted octanol–water partition coefficient (Wildman–Crippen LogP) is 4.99. The number of hydrogen-bond donors (Lipinski definition) is 3. The molecule has 27 heavy (non-hydrogen) atoms. The molecular formula is C24H43NO2. The van der Waals surface area contributed by atoms with E-state index in [1.54, 1.807) is 5.57 Å². The first-order valence-corrected chi connectivity index (χ1v) is 11.5. The molecule has 2 aliphatic carbocycles. The number of nitrogens with one attached hydrogen (secondary N) is 1. The summed E-state index contributed by atoms with van der Waals surface area (Å²) in [5.74, 6) is 1.45. The first-order chi connectivity index (χ1) is 13.0. The van der Waals surface area contributed by atoms with Crippen LogP contribution in [0.3, 0.4) is 0 Å². The third-order valence-corrected chi connectivity index (χ3v) is 6.39. The van der Waals surface area contributed by atoms with E-state index in [0.717, 1.165) is 32.2 Å². The van der Waals surface area contributed by atoms with Gasteiger partial charge in [-0.15, -0.1) is 0 Å². The third kappa shape index (κ3) is 7.71. The SMILES string of the molecule is CCCCC[C@H](O)/C=C/[C@@H]1[C@H]2C/C(=C/CCCCNC(C)C)C[C@H]2C[C@H]1O. The lowest BCUT2D eigenvalue weighted by atomic mass is 9.90. The van der Waals surface area contributed by atoms with Gasteiger partial charge in [0.05, 0.1) is 12.2 Å². The number of unbranched alkanes of at least 4 members (excludes halogenated alkanes) is 4. The minimum absolute atomic E-state index is 0.220. The van der Waals surface area contributed by atoms with E-state index < -0.39 is 0 Å². The van der Waals surface area contributed by atoms with Crippen molar-refractivity contribution in [2.75, 3.05) is 6.54 Å². The van der Waals surface area contributed by atoms with Crippen molar-refractivity contribution >= 4 is 0 Å². The highest BCUT2D eigenvalue weighted by molar-refractivity contribution is 5.17. The molecule has 2 fully saturated rings. The second-order valence-electron chi connectivity index (χ2n) is 9.13. The molecule has 0 aromatic heterocycles. The van der Waals surface area contributed by atoms with E-state index in [1.807, 2.05) is 6.08 Å². The van der Waals surface area contributed by atoms with Crippen molar-refractivity contribution in [2.45, 2.75) is 103 Å². The maximum Gasteiger partial charge on any atom is 0.0721 e. The second-order valence-corrected chi connectivity index (χ2v) is 9.13. The summed E-state index contributed by atoms with van der Waals surface area (Å²) in [5, 5.41) is 24.1. The Labute approximate surface area is 167 Å². The summed E-state index contributed by atoms with van der Waals surface area (Å²) in [5.41, 5.74) is 1.61. The molecule has 3 heteroatoms. The zero-order chi connectivity index (χ0) is 19.6. The highest BCUT2D eigenvalue weighted by atomic mass is 16.3. The van der Waals surface area contributed by atoms with Crippen molar-refractivity contribution in [1.29, 1.82) is 0 Å². The molecule has 0 saturated heterocycles. The summed E-state index contributed by atoms with van der Waals surface area (Å²) >= 11 is 0. The molecule has 0 amide bonds. The summed E-state index contributed by atoms with van der Waals surface area (Å²) < 4.78 is 0. The number of rotatable bonds is 12. The Hall–Kier alpha value is -0.640. The first kappa shape index (κ1) is 22.6. The molecule has 0 aliphatic heterocycles. The van der Waals surface area contributed by atoms with Crippen LogP contribution in [0.5, 0.6) is 0 Å².